The zero-order chi connectivity index (χ0) is 22.8. The van der Waals surface area contributed by atoms with Gasteiger partial charge in [-0.2, -0.15) is 0 Å². The highest BCUT2D eigenvalue weighted by molar-refractivity contribution is 6.53. The fourth-order valence-electron chi connectivity index (χ4n) is 3.98. The van der Waals surface area contributed by atoms with Gasteiger partial charge in [0.15, 0.2) is 0 Å². The molecular weight excluding hydrogens is 430 g/mol. The molecule has 0 aliphatic carbocycles. The number of halogens is 1. The first-order valence-corrected chi connectivity index (χ1v) is 10.9. The van der Waals surface area contributed by atoms with Gasteiger partial charge in [-0.1, -0.05) is 11.6 Å². The van der Waals surface area contributed by atoms with Crippen molar-refractivity contribution in [2.45, 2.75) is 32.2 Å². The van der Waals surface area contributed by atoms with Crippen LogP contribution in [-0.2, 0) is 9.59 Å². The lowest BCUT2D eigenvalue weighted by Gasteiger charge is -2.33. The smallest absolute Gasteiger partial charge is 0.283 e. The number of methoxy groups -OCH3 is 1. The molecule has 1 atom stereocenters. The van der Waals surface area contributed by atoms with E-state index in [9.17, 15) is 14.4 Å². The summed E-state index contributed by atoms with van der Waals surface area (Å²) in [6, 6.07) is 13.6. The number of imide groups is 1. The van der Waals surface area contributed by atoms with Crippen LogP contribution in [-0.4, -0.2) is 42.3 Å². The third-order valence-electron chi connectivity index (χ3n) is 5.82. The number of nitrogens with one attached hydrogen (secondary N) is 1. The Kier molecular flexibility index (Phi) is 6.19. The predicted molar refractivity (Wildman–Crippen MR) is 123 cm³/mol. The van der Waals surface area contributed by atoms with Gasteiger partial charge in [-0.25, -0.2) is 4.90 Å². The Balaban J connectivity index is 1.49. The molecule has 2 aliphatic rings. The van der Waals surface area contributed by atoms with Crippen LogP contribution >= 0.6 is 11.6 Å². The second-order valence-corrected chi connectivity index (χ2v) is 8.26. The fraction of sp³-hybridized carbons (Fsp3) is 0.292. The Morgan fingerprint density at radius 3 is 2.34 bits per heavy atom. The third kappa shape index (κ3) is 4.08. The van der Waals surface area contributed by atoms with Crippen LogP contribution in [0.2, 0.25) is 0 Å². The fourth-order valence-corrected chi connectivity index (χ4v) is 4.20. The van der Waals surface area contributed by atoms with E-state index in [2.05, 4.69) is 12.2 Å². The Morgan fingerprint density at radius 2 is 1.72 bits per heavy atom. The van der Waals surface area contributed by atoms with Crippen molar-refractivity contribution in [3.05, 3.63) is 64.8 Å². The highest BCUT2D eigenvalue weighted by Gasteiger charge is 2.39. The van der Waals surface area contributed by atoms with Gasteiger partial charge >= 0.3 is 0 Å². The third-order valence-corrected chi connectivity index (χ3v) is 6.17. The molecule has 0 aromatic heterocycles. The Labute approximate surface area is 191 Å². The molecule has 3 amide bonds. The van der Waals surface area contributed by atoms with Crippen LogP contribution in [0, 0.1) is 0 Å². The van der Waals surface area contributed by atoms with Crippen LogP contribution in [0.4, 0.5) is 11.4 Å². The molecule has 4 rings (SSSR count). The van der Waals surface area contributed by atoms with Crippen molar-refractivity contribution in [3.63, 3.8) is 0 Å². The van der Waals surface area contributed by atoms with Gasteiger partial charge in [0.1, 0.15) is 16.5 Å². The molecule has 0 saturated carbocycles. The molecule has 2 aliphatic heterocycles. The SMILES string of the molecule is COc1ccc(N2C(=O)C(Cl)=C(Nc3ccc(C(=O)N4CCCCC4C)cc3)C2=O)cc1. The molecule has 0 spiro atoms. The monoisotopic (exact) mass is 453 g/mol. The number of carbonyl (C=O) groups excluding carboxylic acids is 3. The molecule has 0 radical (unpaired) electrons. The molecule has 2 aromatic rings. The Morgan fingerprint density at radius 1 is 1.03 bits per heavy atom. The van der Waals surface area contributed by atoms with Gasteiger partial charge in [0, 0.05) is 23.8 Å². The van der Waals surface area contributed by atoms with Crippen LogP contribution in [0.3, 0.4) is 0 Å². The highest BCUT2D eigenvalue weighted by Crippen LogP contribution is 2.31. The summed E-state index contributed by atoms with van der Waals surface area (Å²) < 4.78 is 5.11. The number of ether oxygens (including phenoxy) is 1. The number of likely N-dealkylation sites (tertiary alicyclic amines) is 1. The number of rotatable bonds is 5. The summed E-state index contributed by atoms with van der Waals surface area (Å²) >= 11 is 6.20. The van der Waals surface area contributed by atoms with Gasteiger partial charge in [0.2, 0.25) is 0 Å². The summed E-state index contributed by atoms with van der Waals surface area (Å²) in [6.45, 7) is 2.83. The molecule has 0 bridgehead atoms. The normalized spacial score (nSPS) is 18.9. The minimum absolute atomic E-state index is 0.00111. The van der Waals surface area contributed by atoms with E-state index in [1.165, 1.54) is 7.11 Å². The van der Waals surface area contributed by atoms with Crippen molar-refractivity contribution in [1.82, 2.24) is 4.90 Å². The van der Waals surface area contributed by atoms with Crippen molar-refractivity contribution in [3.8, 4) is 5.75 Å². The predicted octanol–water partition coefficient (Wildman–Crippen LogP) is 4.15. The minimum Gasteiger partial charge on any atom is -0.497 e. The first kappa shape index (κ1) is 21.9. The molecular formula is C24H24ClN3O4. The number of benzene rings is 2. The molecule has 7 nitrogen and oxygen atoms in total. The lowest BCUT2D eigenvalue weighted by atomic mass is 10.0. The summed E-state index contributed by atoms with van der Waals surface area (Å²) in [6.07, 6.45) is 3.17. The van der Waals surface area contributed by atoms with Crippen molar-refractivity contribution < 1.29 is 19.1 Å². The number of piperidine rings is 1. The Hall–Kier alpha value is -3.32. The van der Waals surface area contributed by atoms with Gasteiger partial charge in [0.25, 0.3) is 17.7 Å². The molecule has 1 saturated heterocycles. The highest BCUT2D eigenvalue weighted by atomic mass is 35.5. The van der Waals surface area contributed by atoms with E-state index < -0.39 is 11.8 Å². The zero-order valence-electron chi connectivity index (χ0n) is 17.9. The number of hydrogen-bond donors (Lipinski definition) is 1. The van der Waals surface area contributed by atoms with Gasteiger partial charge in [-0.3, -0.25) is 14.4 Å². The van der Waals surface area contributed by atoms with Gasteiger partial charge in [-0.15, -0.1) is 0 Å². The van der Waals surface area contributed by atoms with E-state index in [1.54, 1.807) is 48.5 Å². The largest absolute Gasteiger partial charge is 0.497 e. The summed E-state index contributed by atoms with van der Waals surface area (Å²) in [5.74, 6) is -0.541. The molecule has 2 heterocycles. The van der Waals surface area contributed by atoms with Crippen molar-refractivity contribution in [2.24, 2.45) is 0 Å². The Bertz CT molecular complexity index is 1080. The summed E-state index contributed by atoms with van der Waals surface area (Å²) in [5.41, 5.74) is 1.53. The van der Waals surface area contributed by atoms with Crippen molar-refractivity contribution in [1.29, 1.82) is 0 Å². The van der Waals surface area contributed by atoms with E-state index in [1.807, 2.05) is 4.90 Å². The molecule has 1 N–H and O–H groups in total. The quantitative estimate of drug-likeness (QED) is 0.688. The lowest BCUT2D eigenvalue weighted by Crippen LogP contribution is -2.42. The maximum atomic E-state index is 12.9. The number of hydrogen-bond acceptors (Lipinski definition) is 5. The number of amides is 3. The minimum atomic E-state index is -0.602. The van der Waals surface area contributed by atoms with E-state index >= 15 is 0 Å². The summed E-state index contributed by atoms with van der Waals surface area (Å²) in [7, 11) is 1.54. The van der Waals surface area contributed by atoms with Gasteiger partial charge < -0.3 is 15.0 Å². The van der Waals surface area contributed by atoms with Gasteiger partial charge in [0.05, 0.1) is 12.8 Å². The van der Waals surface area contributed by atoms with Crippen LogP contribution in [0.1, 0.15) is 36.5 Å². The topological polar surface area (TPSA) is 79.0 Å². The number of anilines is 2. The van der Waals surface area contributed by atoms with Crippen LogP contribution in [0.25, 0.3) is 0 Å². The van der Waals surface area contributed by atoms with Crippen LogP contribution < -0.4 is 15.0 Å². The maximum absolute atomic E-state index is 12.9. The summed E-state index contributed by atoms with van der Waals surface area (Å²) in [4.78, 5) is 41.3. The number of nitrogens with zero attached hydrogens (tertiary/aromatic N) is 2. The molecule has 8 heteroatoms. The first-order chi connectivity index (χ1) is 15.4. The molecule has 2 aromatic carbocycles. The van der Waals surface area contributed by atoms with E-state index in [0.717, 1.165) is 30.7 Å². The van der Waals surface area contributed by atoms with Crippen LogP contribution in [0.5, 0.6) is 5.75 Å². The van der Waals surface area contributed by atoms with E-state index in [0.29, 0.717) is 22.7 Å². The number of carbonyl (C=O) groups is 3. The zero-order valence-corrected chi connectivity index (χ0v) is 18.7. The first-order valence-electron chi connectivity index (χ1n) is 10.5. The molecule has 32 heavy (non-hydrogen) atoms. The van der Waals surface area contributed by atoms with Crippen molar-refractivity contribution >= 4 is 40.7 Å². The van der Waals surface area contributed by atoms with Crippen molar-refractivity contribution in [2.75, 3.05) is 23.9 Å². The standard InChI is InChI=1S/C24H24ClN3O4/c1-15-5-3-4-14-27(15)22(29)16-6-8-17(9-7-16)26-21-20(25)23(30)28(24(21)31)18-10-12-19(32-2)13-11-18/h6-13,15,26H,3-5,14H2,1-2H3. The van der Waals surface area contributed by atoms with Crippen LogP contribution in [0.15, 0.2) is 59.3 Å². The summed E-state index contributed by atoms with van der Waals surface area (Å²) in [5, 5.41) is 2.75. The molecule has 1 unspecified atom stereocenters. The van der Waals surface area contributed by atoms with E-state index in [4.69, 9.17) is 16.3 Å². The average molecular weight is 454 g/mol. The molecule has 1 fully saturated rings. The second kappa shape index (κ2) is 9.04. The average Bonchev–Trinajstić information content (AvgIpc) is 3.02. The maximum Gasteiger partial charge on any atom is 0.283 e. The second-order valence-electron chi connectivity index (χ2n) is 7.88. The lowest BCUT2D eigenvalue weighted by molar-refractivity contribution is -0.120. The van der Waals surface area contributed by atoms with E-state index in [-0.39, 0.29) is 22.7 Å². The van der Waals surface area contributed by atoms with Gasteiger partial charge in [-0.05, 0) is 74.7 Å². The molecule has 166 valence electrons.